The van der Waals surface area contributed by atoms with Crippen molar-refractivity contribution in [1.82, 2.24) is 9.88 Å². The molecule has 2 rings (SSSR count). The summed E-state index contributed by atoms with van der Waals surface area (Å²) in [6.45, 7) is 5.80. The number of nitrogens with one attached hydrogen (secondary N) is 1. The summed E-state index contributed by atoms with van der Waals surface area (Å²) in [4.78, 5) is 5.94. The number of rotatable bonds is 7. The van der Waals surface area contributed by atoms with Gasteiger partial charge in [0.05, 0.1) is 17.9 Å². The first kappa shape index (κ1) is 17.3. The first-order valence-corrected chi connectivity index (χ1v) is 7.50. The molecule has 0 spiro atoms. The van der Waals surface area contributed by atoms with E-state index in [0.29, 0.717) is 5.76 Å². The predicted octanol–water partition coefficient (Wildman–Crippen LogP) is 4.19. The number of hydrogen-bond donors (Lipinski definition) is 1. The third kappa shape index (κ3) is 4.25. The molecule has 0 saturated carbocycles. The molecule has 0 aliphatic heterocycles. The van der Waals surface area contributed by atoms with Crippen LogP contribution in [-0.4, -0.2) is 29.5 Å². The molecule has 2 aromatic heterocycles. The molecule has 0 amide bonds. The van der Waals surface area contributed by atoms with E-state index in [0.717, 1.165) is 19.2 Å². The van der Waals surface area contributed by atoms with Gasteiger partial charge in [0.25, 0.3) is 0 Å². The fourth-order valence-electron chi connectivity index (χ4n) is 2.52. The predicted molar refractivity (Wildman–Crippen MR) is 82.1 cm³/mol. The highest BCUT2D eigenvalue weighted by Crippen LogP contribution is 2.33. The van der Waals surface area contributed by atoms with Crippen molar-refractivity contribution in [3.63, 3.8) is 0 Å². The summed E-state index contributed by atoms with van der Waals surface area (Å²) in [5, 5.41) is 2.82. The van der Waals surface area contributed by atoms with Gasteiger partial charge in [-0.3, -0.25) is 4.90 Å². The maximum Gasteiger partial charge on any atom is 0.419 e. The molecule has 0 bridgehead atoms. The molecule has 7 heteroatoms. The largest absolute Gasteiger partial charge is 0.468 e. The number of hydrogen-bond acceptors (Lipinski definition) is 4. The van der Waals surface area contributed by atoms with Gasteiger partial charge in [-0.2, -0.15) is 13.2 Å². The molecule has 1 N–H and O–H groups in total. The Morgan fingerprint density at radius 1 is 1.22 bits per heavy atom. The molecule has 0 aromatic carbocycles. The van der Waals surface area contributed by atoms with Crippen LogP contribution in [0, 0.1) is 0 Å². The fourth-order valence-corrected chi connectivity index (χ4v) is 2.52. The van der Waals surface area contributed by atoms with Crippen molar-refractivity contribution < 1.29 is 17.6 Å². The highest BCUT2D eigenvalue weighted by Gasteiger charge is 2.34. The minimum absolute atomic E-state index is 0.163. The lowest BCUT2D eigenvalue weighted by molar-refractivity contribution is -0.137. The van der Waals surface area contributed by atoms with Crippen LogP contribution in [0.2, 0.25) is 0 Å². The zero-order valence-electron chi connectivity index (χ0n) is 13.1. The number of likely N-dealkylation sites (N-methyl/N-ethyl adjacent to an activating group) is 1. The third-order valence-electron chi connectivity index (χ3n) is 3.70. The zero-order valence-corrected chi connectivity index (χ0v) is 13.1. The summed E-state index contributed by atoms with van der Waals surface area (Å²) in [5.74, 6) is 0.550. The van der Waals surface area contributed by atoms with Crippen LogP contribution in [0.15, 0.2) is 41.1 Å². The standard InChI is InChI=1S/C16H20F3N3O/c1-3-22(4-2)13(14-8-6-10-23-14)11-21-15-12(16(17,18)19)7-5-9-20-15/h5-10,13H,3-4,11H2,1-2H3,(H,20,21)/t13-/m0/s1. The van der Waals surface area contributed by atoms with Crippen LogP contribution >= 0.6 is 0 Å². The summed E-state index contributed by atoms with van der Waals surface area (Å²) in [7, 11) is 0. The number of furan rings is 1. The molecule has 23 heavy (non-hydrogen) atoms. The first-order valence-electron chi connectivity index (χ1n) is 7.50. The van der Waals surface area contributed by atoms with E-state index < -0.39 is 11.7 Å². The van der Waals surface area contributed by atoms with E-state index in [1.807, 2.05) is 19.9 Å². The number of halogens is 3. The Morgan fingerprint density at radius 3 is 2.52 bits per heavy atom. The van der Waals surface area contributed by atoms with Crippen molar-refractivity contribution in [2.45, 2.75) is 26.1 Å². The van der Waals surface area contributed by atoms with Gasteiger partial charge in [0, 0.05) is 12.7 Å². The van der Waals surface area contributed by atoms with Gasteiger partial charge in [-0.25, -0.2) is 4.98 Å². The van der Waals surface area contributed by atoms with Crippen LogP contribution in [0.3, 0.4) is 0 Å². The summed E-state index contributed by atoms with van der Waals surface area (Å²) >= 11 is 0. The molecular weight excluding hydrogens is 307 g/mol. The Balaban J connectivity index is 2.20. The number of anilines is 1. The zero-order chi connectivity index (χ0) is 16.9. The van der Waals surface area contributed by atoms with Gasteiger partial charge in [-0.15, -0.1) is 0 Å². The Kier molecular flexibility index (Phi) is 5.65. The van der Waals surface area contributed by atoms with E-state index >= 15 is 0 Å². The lowest BCUT2D eigenvalue weighted by Gasteiger charge is -2.28. The number of aromatic nitrogens is 1. The maximum absolute atomic E-state index is 13.0. The molecule has 2 aromatic rings. The SMILES string of the molecule is CCN(CC)[C@@H](CNc1ncccc1C(F)(F)F)c1ccco1. The van der Waals surface area contributed by atoms with Crippen LogP contribution in [0.1, 0.15) is 31.2 Å². The van der Waals surface area contributed by atoms with Crippen molar-refractivity contribution in [3.05, 3.63) is 48.0 Å². The molecule has 0 fully saturated rings. The first-order chi connectivity index (χ1) is 11.0. The van der Waals surface area contributed by atoms with Crippen LogP contribution < -0.4 is 5.32 Å². The maximum atomic E-state index is 13.0. The lowest BCUT2D eigenvalue weighted by atomic mass is 10.1. The second-order valence-electron chi connectivity index (χ2n) is 5.03. The minimum Gasteiger partial charge on any atom is -0.468 e. The van der Waals surface area contributed by atoms with Crippen LogP contribution in [-0.2, 0) is 6.18 Å². The summed E-state index contributed by atoms with van der Waals surface area (Å²) < 4.78 is 44.5. The van der Waals surface area contributed by atoms with Crippen molar-refractivity contribution in [2.24, 2.45) is 0 Å². The Morgan fingerprint density at radius 2 is 1.96 bits per heavy atom. The van der Waals surface area contributed by atoms with Gasteiger partial charge >= 0.3 is 6.18 Å². The van der Waals surface area contributed by atoms with Gasteiger partial charge < -0.3 is 9.73 Å². The van der Waals surface area contributed by atoms with E-state index in [2.05, 4.69) is 15.2 Å². The normalized spacial score (nSPS) is 13.3. The van der Waals surface area contributed by atoms with Crippen molar-refractivity contribution >= 4 is 5.82 Å². The van der Waals surface area contributed by atoms with E-state index in [4.69, 9.17) is 4.42 Å². The highest BCUT2D eigenvalue weighted by atomic mass is 19.4. The van der Waals surface area contributed by atoms with Gasteiger partial charge in [0.15, 0.2) is 0 Å². The van der Waals surface area contributed by atoms with Gasteiger partial charge in [-0.05, 0) is 37.4 Å². The van der Waals surface area contributed by atoms with Crippen molar-refractivity contribution in [3.8, 4) is 0 Å². The van der Waals surface area contributed by atoms with Crippen LogP contribution in [0.4, 0.5) is 19.0 Å². The molecule has 0 saturated heterocycles. The van der Waals surface area contributed by atoms with Crippen molar-refractivity contribution in [2.75, 3.05) is 25.0 Å². The highest BCUT2D eigenvalue weighted by molar-refractivity contribution is 5.45. The second-order valence-corrected chi connectivity index (χ2v) is 5.03. The Labute approximate surface area is 133 Å². The topological polar surface area (TPSA) is 41.3 Å². The molecule has 0 unspecified atom stereocenters. The molecule has 4 nitrogen and oxygen atoms in total. The molecule has 0 aliphatic rings. The number of nitrogens with zero attached hydrogens (tertiary/aromatic N) is 2. The Hall–Kier alpha value is -2.02. The number of pyridine rings is 1. The molecule has 1 atom stereocenters. The summed E-state index contributed by atoms with van der Waals surface area (Å²) in [6.07, 6.45) is -1.53. The van der Waals surface area contributed by atoms with Gasteiger partial charge in [-0.1, -0.05) is 13.8 Å². The quantitative estimate of drug-likeness (QED) is 0.828. The van der Waals surface area contributed by atoms with E-state index in [1.165, 1.54) is 12.3 Å². The van der Waals surface area contributed by atoms with E-state index in [9.17, 15) is 13.2 Å². The average molecular weight is 327 g/mol. The average Bonchev–Trinajstić information content (AvgIpc) is 3.05. The summed E-state index contributed by atoms with van der Waals surface area (Å²) in [6, 6.07) is 5.74. The van der Waals surface area contributed by atoms with E-state index in [1.54, 1.807) is 12.3 Å². The lowest BCUT2D eigenvalue weighted by Crippen LogP contribution is -2.33. The van der Waals surface area contributed by atoms with Crippen LogP contribution in [0.25, 0.3) is 0 Å². The molecule has 126 valence electrons. The molecular formula is C16H20F3N3O. The smallest absolute Gasteiger partial charge is 0.419 e. The van der Waals surface area contributed by atoms with Crippen LogP contribution in [0.5, 0.6) is 0 Å². The van der Waals surface area contributed by atoms with Gasteiger partial charge in [0.1, 0.15) is 11.6 Å². The summed E-state index contributed by atoms with van der Waals surface area (Å²) in [5.41, 5.74) is -0.766. The third-order valence-corrected chi connectivity index (χ3v) is 3.70. The van der Waals surface area contributed by atoms with Crippen molar-refractivity contribution in [1.29, 1.82) is 0 Å². The fraction of sp³-hybridized carbons (Fsp3) is 0.438. The monoisotopic (exact) mass is 327 g/mol. The molecule has 0 radical (unpaired) electrons. The minimum atomic E-state index is -4.44. The Bertz CT molecular complexity index is 595. The number of alkyl halides is 3. The molecule has 0 aliphatic carbocycles. The second kappa shape index (κ2) is 7.50. The van der Waals surface area contributed by atoms with Gasteiger partial charge in [0.2, 0.25) is 0 Å². The molecule has 2 heterocycles. The van der Waals surface area contributed by atoms with E-state index in [-0.39, 0.29) is 18.4 Å².